The molecule has 0 aliphatic heterocycles. The van der Waals surface area contributed by atoms with Crippen molar-refractivity contribution in [3.05, 3.63) is 24.0 Å². The van der Waals surface area contributed by atoms with Gasteiger partial charge in [-0.15, -0.1) is 0 Å². The monoisotopic (exact) mass is 248 g/mol. The number of nitrogens with zero attached hydrogens (tertiary/aromatic N) is 3. The number of aryl methyl sites for hydroxylation is 1. The first-order valence-corrected chi connectivity index (χ1v) is 6.56. The second-order valence-corrected chi connectivity index (χ2v) is 5.68. The Balaban J connectivity index is 1.89. The number of hydrogen-bond acceptors (Lipinski definition) is 1. The van der Waals surface area contributed by atoms with Gasteiger partial charge in [0.05, 0.1) is 6.54 Å². The fraction of sp³-hybridized carbons (Fsp3) is 0.643. The van der Waals surface area contributed by atoms with Gasteiger partial charge in [0.15, 0.2) is 5.96 Å². The first-order valence-electron chi connectivity index (χ1n) is 6.56. The van der Waals surface area contributed by atoms with Crippen LogP contribution in [0.2, 0.25) is 0 Å². The third kappa shape index (κ3) is 3.06. The molecule has 1 aromatic heterocycles. The van der Waals surface area contributed by atoms with Crippen molar-refractivity contribution in [1.82, 2.24) is 14.8 Å². The molecular weight excluding hydrogens is 224 g/mol. The highest BCUT2D eigenvalue weighted by Crippen LogP contribution is 2.44. The molecule has 1 heterocycles. The third-order valence-electron chi connectivity index (χ3n) is 3.80. The third-order valence-corrected chi connectivity index (χ3v) is 3.80. The Kier molecular flexibility index (Phi) is 3.64. The van der Waals surface area contributed by atoms with E-state index < -0.39 is 0 Å². The van der Waals surface area contributed by atoms with Crippen molar-refractivity contribution in [3.63, 3.8) is 0 Å². The van der Waals surface area contributed by atoms with E-state index in [0.29, 0.717) is 5.41 Å². The molecule has 2 rings (SSSR count). The van der Waals surface area contributed by atoms with Gasteiger partial charge in [0, 0.05) is 39.6 Å². The van der Waals surface area contributed by atoms with Gasteiger partial charge < -0.3 is 14.8 Å². The number of aromatic nitrogens is 1. The zero-order chi connectivity index (χ0) is 13.2. The van der Waals surface area contributed by atoms with Gasteiger partial charge in [-0.3, -0.25) is 4.99 Å². The molecule has 0 atom stereocenters. The van der Waals surface area contributed by atoms with Crippen molar-refractivity contribution in [2.45, 2.75) is 26.3 Å². The van der Waals surface area contributed by atoms with Crippen LogP contribution in [0.1, 0.15) is 25.5 Å². The Morgan fingerprint density at radius 3 is 2.78 bits per heavy atom. The summed E-state index contributed by atoms with van der Waals surface area (Å²) in [6.07, 6.45) is 4.74. The standard InChI is InChI=1S/C14H24N4/c1-14(7-8-14)11-16-13(15-2)18(4)10-12-6-5-9-17(12)3/h5-6,9H,7-8,10-11H2,1-4H3,(H,15,16). The zero-order valence-corrected chi connectivity index (χ0v) is 11.9. The lowest BCUT2D eigenvalue weighted by Crippen LogP contribution is -2.41. The van der Waals surface area contributed by atoms with Gasteiger partial charge in [-0.05, 0) is 30.4 Å². The van der Waals surface area contributed by atoms with Crippen LogP contribution in [0.25, 0.3) is 0 Å². The summed E-state index contributed by atoms with van der Waals surface area (Å²) in [5, 5.41) is 3.47. The Bertz CT molecular complexity index is 429. The predicted octanol–water partition coefficient (Wildman–Crippen LogP) is 1.83. The quantitative estimate of drug-likeness (QED) is 0.651. The van der Waals surface area contributed by atoms with Crippen molar-refractivity contribution >= 4 is 5.96 Å². The minimum atomic E-state index is 0.502. The molecule has 4 heteroatoms. The van der Waals surface area contributed by atoms with Crippen LogP contribution in [0, 0.1) is 5.41 Å². The van der Waals surface area contributed by atoms with Crippen molar-refractivity contribution in [3.8, 4) is 0 Å². The normalized spacial score (nSPS) is 17.7. The minimum absolute atomic E-state index is 0.502. The number of guanidine groups is 1. The van der Waals surface area contributed by atoms with Crippen molar-refractivity contribution in [2.24, 2.45) is 17.5 Å². The van der Waals surface area contributed by atoms with Crippen LogP contribution >= 0.6 is 0 Å². The topological polar surface area (TPSA) is 32.6 Å². The summed E-state index contributed by atoms with van der Waals surface area (Å²) in [5.74, 6) is 0.976. The number of nitrogens with one attached hydrogen (secondary N) is 1. The smallest absolute Gasteiger partial charge is 0.193 e. The molecule has 0 bridgehead atoms. The van der Waals surface area contributed by atoms with Crippen LogP contribution in [0.3, 0.4) is 0 Å². The second kappa shape index (κ2) is 5.04. The number of hydrogen-bond donors (Lipinski definition) is 1. The van der Waals surface area contributed by atoms with Crippen molar-refractivity contribution in [2.75, 3.05) is 20.6 Å². The minimum Gasteiger partial charge on any atom is -0.356 e. The van der Waals surface area contributed by atoms with Crippen LogP contribution < -0.4 is 5.32 Å². The van der Waals surface area contributed by atoms with Crippen molar-refractivity contribution in [1.29, 1.82) is 0 Å². The average Bonchev–Trinajstić information content (AvgIpc) is 2.94. The van der Waals surface area contributed by atoms with Crippen LogP contribution in [-0.4, -0.2) is 36.1 Å². The van der Waals surface area contributed by atoms with E-state index in [9.17, 15) is 0 Å². The van der Waals surface area contributed by atoms with Gasteiger partial charge in [0.2, 0.25) is 0 Å². The van der Waals surface area contributed by atoms with E-state index in [0.717, 1.165) is 19.0 Å². The zero-order valence-electron chi connectivity index (χ0n) is 11.9. The van der Waals surface area contributed by atoms with E-state index in [1.54, 1.807) is 0 Å². The molecule has 100 valence electrons. The first kappa shape index (κ1) is 13.0. The van der Waals surface area contributed by atoms with E-state index in [-0.39, 0.29) is 0 Å². The van der Waals surface area contributed by atoms with Gasteiger partial charge in [-0.25, -0.2) is 0 Å². The molecule has 0 aromatic carbocycles. The maximum Gasteiger partial charge on any atom is 0.193 e. The Labute approximate surface area is 110 Å². The van der Waals surface area contributed by atoms with Gasteiger partial charge in [-0.1, -0.05) is 6.92 Å². The van der Waals surface area contributed by atoms with E-state index in [1.807, 2.05) is 7.05 Å². The van der Waals surface area contributed by atoms with E-state index in [4.69, 9.17) is 0 Å². The molecular formula is C14H24N4. The van der Waals surface area contributed by atoms with Crippen LogP contribution in [0.5, 0.6) is 0 Å². The highest BCUT2D eigenvalue weighted by atomic mass is 15.3. The van der Waals surface area contributed by atoms with Gasteiger partial charge in [0.1, 0.15) is 0 Å². The molecule has 1 N–H and O–H groups in total. The molecule has 0 radical (unpaired) electrons. The molecule has 0 unspecified atom stereocenters. The summed E-state index contributed by atoms with van der Waals surface area (Å²) in [6.45, 7) is 4.22. The van der Waals surface area contributed by atoms with Crippen molar-refractivity contribution < 1.29 is 0 Å². The van der Waals surface area contributed by atoms with Gasteiger partial charge in [-0.2, -0.15) is 0 Å². The van der Waals surface area contributed by atoms with Gasteiger partial charge in [0.25, 0.3) is 0 Å². The molecule has 1 saturated carbocycles. The molecule has 0 spiro atoms. The summed E-state index contributed by atoms with van der Waals surface area (Å²) in [6, 6.07) is 4.22. The Morgan fingerprint density at radius 1 is 1.56 bits per heavy atom. The summed E-state index contributed by atoms with van der Waals surface area (Å²) in [7, 11) is 6.00. The molecule has 1 fully saturated rings. The van der Waals surface area contributed by atoms with Gasteiger partial charge >= 0.3 is 0 Å². The number of rotatable bonds is 4. The maximum atomic E-state index is 4.35. The van der Waals surface area contributed by atoms with E-state index >= 15 is 0 Å². The number of aliphatic imine (C=N–C) groups is 1. The van der Waals surface area contributed by atoms with Crippen LogP contribution in [0.4, 0.5) is 0 Å². The highest BCUT2D eigenvalue weighted by molar-refractivity contribution is 5.79. The molecule has 4 nitrogen and oxygen atoms in total. The lowest BCUT2D eigenvalue weighted by Gasteiger charge is -2.23. The van der Waals surface area contributed by atoms with Crippen LogP contribution in [-0.2, 0) is 13.6 Å². The average molecular weight is 248 g/mol. The molecule has 0 saturated heterocycles. The fourth-order valence-electron chi connectivity index (χ4n) is 2.05. The summed E-state index contributed by atoms with van der Waals surface area (Å²) in [4.78, 5) is 6.52. The Morgan fingerprint density at radius 2 is 2.28 bits per heavy atom. The lowest BCUT2D eigenvalue weighted by molar-refractivity contribution is 0.447. The largest absolute Gasteiger partial charge is 0.356 e. The summed E-state index contributed by atoms with van der Waals surface area (Å²) < 4.78 is 2.14. The summed E-state index contributed by atoms with van der Waals surface area (Å²) in [5.41, 5.74) is 1.79. The fourth-order valence-corrected chi connectivity index (χ4v) is 2.05. The molecule has 1 aliphatic rings. The SMILES string of the molecule is CN=C(NCC1(C)CC1)N(C)Cc1cccn1C. The Hall–Kier alpha value is -1.45. The lowest BCUT2D eigenvalue weighted by atomic mass is 10.1. The van der Waals surface area contributed by atoms with E-state index in [1.165, 1.54) is 18.5 Å². The molecule has 0 amide bonds. The molecule has 1 aromatic rings. The predicted molar refractivity (Wildman–Crippen MR) is 75.6 cm³/mol. The second-order valence-electron chi connectivity index (χ2n) is 5.68. The highest BCUT2D eigenvalue weighted by Gasteiger charge is 2.37. The van der Waals surface area contributed by atoms with Crippen LogP contribution in [0.15, 0.2) is 23.3 Å². The molecule has 1 aliphatic carbocycles. The van der Waals surface area contributed by atoms with E-state index in [2.05, 4.69) is 59.1 Å². The maximum absolute atomic E-state index is 4.35. The molecule has 18 heavy (non-hydrogen) atoms. The summed E-state index contributed by atoms with van der Waals surface area (Å²) >= 11 is 0. The first-order chi connectivity index (χ1) is 8.54.